The van der Waals surface area contributed by atoms with Crippen molar-refractivity contribution in [1.82, 2.24) is 19.6 Å². The van der Waals surface area contributed by atoms with Crippen molar-refractivity contribution in [3.8, 4) is 5.69 Å². The molecule has 6 rings (SSSR count). The zero-order valence-electron chi connectivity index (χ0n) is 21.9. The molecule has 2 aliphatic rings. The molecular formula is C31H33FN4O2. The second-order valence-corrected chi connectivity index (χ2v) is 10.6. The summed E-state index contributed by atoms with van der Waals surface area (Å²) in [6, 6.07) is 21.2. The zero-order chi connectivity index (χ0) is 26.2. The van der Waals surface area contributed by atoms with Crippen LogP contribution >= 0.6 is 0 Å². The van der Waals surface area contributed by atoms with Crippen LogP contribution in [0.4, 0.5) is 4.39 Å². The van der Waals surface area contributed by atoms with E-state index in [1.807, 2.05) is 16.9 Å². The van der Waals surface area contributed by atoms with Gasteiger partial charge in [0, 0.05) is 44.6 Å². The molecule has 0 bridgehead atoms. The van der Waals surface area contributed by atoms with Crippen LogP contribution in [0.1, 0.15) is 35.6 Å². The van der Waals surface area contributed by atoms with Gasteiger partial charge in [0.05, 0.1) is 29.5 Å². The minimum absolute atomic E-state index is 0.0355. The van der Waals surface area contributed by atoms with Crippen molar-refractivity contribution in [2.75, 3.05) is 26.7 Å². The fraction of sp³-hybridized carbons (Fsp3) is 0.355. The molecule has 2 fully saturated rings. The Morgan fingerprint density at radius 3 is 2.55 bits per heavy atom. The number of rotatable bonds is 6. The molecule has 0 N–H and O–H groups in total. The molecule has 196 valence electrons. The van der Waals surface area contributed by atoms with E-state index in [2.05, 4.69) is 58.2 Å². The van der Waals surface area contributed by atoms with Crippen LogP contribution in [0.3, 0.4) is 0 Å². The van der Waals surface area contributed by atoms with Crippen molar-refractivity contribution < 1.29 is 13.9 Å². The van der Waals surface area contributed by atoms with Crippen LogP contribution < -0.4 is 0 Å². The van der Waals surface area contributed by atoms with Crippen LogP contribution in [0, 0.1) is 18.7 Å². The summed E-state index contributed by atoms with van der Waals surface area (Å²) in [4.78, 5) is 18.2. The molecule has 1 aromatic heterocycles. The first kappa shape index (κ1) is 24.8. The van der Waals surface area contributed by atoms with Crippen LogP contribution in [0.2, 0.25) is 0 Å². The van der Waals surface area contributed by atoms with E-state index in [1.165, 1.54) is 17.7 Å². The van der Waals surface area contributed by atoms with Gasteiger partial charge in [-0.15, -0.1) is 0 Å². The van der Waals surface area contributed by atoms with E-state index in [-0.39, 0.29) is 29.8 Å². The number of aromatic nitrogens is 2. The smallest absolute Gasteiger partial charge is 0.226 e. The normalized spacial score (nSPS) is 22.0. The lowest BCUT2D eigenvalue weighted by atomic mass is 9.80. The summed E-state index contributed by atoms with van der Waals surface area (Å²) in [5, 5.41) is 5.61. The van der Waals surface area contributed by atoms with Crippen molar-refractivity contribution in [1.29, 1.82) is 0 Å². The quantitative estimate of drug-likeness (QED) is 0.353. The molecular weight excluding hydrogens is 479 g/mol. The number of methoxy groups -OCH3 is 1. The Morgan fingerprint density at radius 1 is 1.05 bits per heavy atom. The average molecular weight is 513 g/mol. The van der Waals surface area contributed by atoms with Gasteiger partial charge in [-0.2, -0.15) is 5.10 Å². The van der Waals surface area contributed by atoms with Crippen molar-refractivity contribution in [2.45, 2.75) is 38.5 Å². The van der Waals surface area contributed by atoms with E-state index in [4.69, 9.17) is 4.74 Å². The fourth-order valence-electron chi connectivity index (χ4n) is 5.89. The fourth-order valence-corrected chi connectivity index (χ4v) is 5.89. The summed E-state index contributed by atoms with van der Waals surface area (Å²) >= 11 is 0. The number of hydrogen-bond donors (Lipinski definition) is 0. The van der Waals surface area contributed by atoms with Gasteiger partial charge in [-0.05, 0) is 72.9 Å². The van der Waals surface area contributed by atoms with E-state index < -0.39 is 0 Å². The highest BCUT2D eigenvalue weighted by Crippen LogP contribution is 2.37. The molecule has 38 heavy (non-hydrogen) atoms. The standard InChI is InChI=1S/C31H33FN4O2/c1-21-14-29-24(18-33-36(29)26-10-8-25(32)9-11-26)17-28(21)30-20-34(19-22-6-4-3-5-7-22)12-13-35(30)31(37)23-15-27(16-23)38-2/h3-11,14,17-18,23,27,30H,12-13,15-16,19-20H2,1-2H3/t23-,27+,30-/m0/s1. The van der Waals surface area contributed by atoms with Gasteiger partial charge in [-0.25, -0.2) is 9.07 Å². The number of halogens is 1. The third kappa shape index (κ3) is 4.72. The first-order valence-corrected chi connectivity index (χ1v) is 13.3. The third-order valence-corrected chi connectivity index (χ3v) is 8.16. The number of aryl methyl sites for hydroxylation is 1. The minimum Gasteiger partial charge on any atom is -0.381 e. The lowest BCUT2D eigenvalue weighted by Gasteiger charge is -2.45. The molecule has 1 aliphatic heterocycles. The van der Waals surface area contributed by atoms with Crippen LogP contribution in [0.25, 0.3) is 16.6 Å². The highest BCUT2D eigenvalue weighted by Gasteiger charge is 2.41. The molecule has 1 amide bonds. The summed E-state index contributed by atoms with van der Waals surface area (Å²) in [5.74, 6) is 0.00614. The molecule has 0 radical (unpaired) electrons. The van der Waals surface area contributed by atoms with Gasteiger partial charge >= 0.3 is 0 Å². The number of carbonyl (C=O) groups is 1. The number of benzene rings is 3. The lowest BCUT2D eigenvalue weighted by molar-refractivity contribution is -0.148. The van der Waals surface area contributed by atoms with Crippen LogP contribution in [0.15, 0.2) is 72.9 Å². The van der Waals surface area contributed by atoms with Gasteiger partial charge in [0.25, 0.3) is 0 Å². The molecule has 1 saturated heterocycles. The first-order chi connectivity index (χ1) is 18.5. The monoisotopic (exact) mass is 512 g/mol. The SMILES string of the molecule is CO[C@H]1C[C@@H](C(=O)N2CCN(Cc3ccccc3)C[C@H]2c2cc3cnn(-c4ccc(F)cc4)c3cc2C)C1. The Morgan fingerprint density at radius 2 is 1.82 bits per heavy atom. The van der Waals surface area contributed by atoms with E-state index in [1.54, 1.807) is 19.2 Å². The van der Waals surface area contributed by atoms with Gasteiger partial charge in [0.1, 0.15) is 5.82 Å². The molecule has 0 spiro atoms. The molecule has 3 aromatic carbocycles. The summed E-state index contributed by atoms with van der Waals surface area (Å²) in [6.07, 6.45) is 3.65. The maximum absolute atomic E-state index is 13.7. The largest absolute Gasteiger partial charge is 0.381 e. The van der Waals surface area contributed by atoms with Gasteiger partial charge < -0.3 is 9.64 Å². The average Bonchev–Trinajstić information content (AvgIpc) is 3.31. The number of hydrogen-bond acceptors (Lipinski definition) is 4. The Bertz CT molecular complexity index is 1430. The van der Waals surface area contributed by atoms with Crippen molar-refractivity contribution in [3.63, 3.8) is 0 Å². The van der Waals surface area contributed by atoms with Crippen molar-refractivity contribution >= 4 is 16.8 Å². The van der Waals surface area contributed by atoms with Gasteiger partial charge in [-0.3, -0.25) is 9.69 Å². The lowest BCUT2D eigenvalue weighted by Crippen LogP contribution is -2.54. The Hall–Kier alpha value is -3.55. The van der Waals surface area contributed by atoms with Gasteiger partial charge in [0.2, 0.25) is 5.91 Å². The third-order valence-electron chi connectivity index (χ3n) is 8.16. The number of carbonyl (C=O) groups excluding carboxylic acids is 1. The Balaban J connectivity index is 1.33. The van der Waals surface area contributed by atoms with E-state index in [0.717, 1.165) is 60.2 Å². The summed E-state index contributed by atoms with van der Waals surface area (Å²) in [7, 11) is 1.72. The number of nitrogens with zero attached hydrogens (tertiary/aromatic N) is 4. The summed E-state index contributed by atoms with van der Waals surface area (Å²) < 4.78 is 20.8. The van der Waals surface area contributed by atoms with Gasteiger partial charge in [0.15, 0.2) is 0 Å². The molecule has 4 aromatic rings. The van der Waals surface area contributed by atoms with Crippen LogP contribution in [0.5, 0.6) is 0 Å². The Labute approximate surface area is 222 Å². The Kier molecular flexibility index (Phi) is 6.72. The topological polar surface area (TPSA) is 50.6 Å². The minimum atomic E-state index is -0.269. The number of ether oxygens (including phenoxy) is 1. The number of amides is 1. The molecule has 1 atom stereocenters. The first-order valence-electron chi connectivity index (χ1n) is 13.3. The van der Waals surface area contributed by atoms with E-state index in [0.29, 0.717) is 6.54 Å². The van der Waals surface area contributed by atoms with Crippen LogP contribution in [-0.2, 0) is 16.1 Å². The summed E-state index contributed by atoms with van der Waals surface area (Å²) in [5.41, 5.74) is 5.34. The molecule has 0 unspecified atom stereocenters. The highest BCUT2D eigenvalue weighted by atomic mass is 19.1. The molecule has 7 heteroatoms. The molecule has 6 nitrogen and oxygen atoms in total. The predicted octanol–water partition coefficient (Wildman–Crippen LogP) is 5.28. The second-order valence-electron chi connectivity index (χ2n) is 10.6. The summed E-state index contributed by atoms with van der Waals surface area (Å²) in [6.45, 7) is 5.30. The van der Waals surface area contributed by atoms with E-state index in [9.17, 15) is 9.18 Å². The predicted molar refractivity (Wildman–Crippen MR) is 145 cm³/mol. The molecule has 1 aliphatic carbocycles. The second kappa shape index (κ2) is 10.3. The van der Waals surface area contributed by atoms with Crippen molar-refractivity contribution in [2.24, 2.45) is 5.92 Å². The van der Waals surface area contributed by atoms with E-state index >= 15 is 0 Å². The maximum Gasteiger partial charge on any atom is 0.226 e. The maximum atomic E-state index is 13.7. The van der Waals surface area contributed by atoms with Crippen molar-refractivity contribution in [3.05, 3.63) is 95.4 Å². The highest BCUT2D eigenvalue weighted by molar-refractivity contribution is 5.84. The molecule has 1 saturated carbocycles. The number of fused-ring (bicyclic) bond motifs is 1. The van der Waals surface area contributed by atoms with Gasteiger partial charge in [-0.1, -0.05) is 30.3 Å². The molecule has 2 heterocycles. The zero-order valence-corrected chi connectivity index (χ0v) is 21.9. The van der Waals surface area contributed by atoms with Crippen LogP contribution in [-0.4, -0.2) is 58.3 Å². The number of piperazine rings is 1.